The van der Waals surface area contributed by atoms with Gasteiger partial charge < -0.3 is 9.63 Å². The molecule has 0 aliphatic carbocycles. The summed E-state index contributed by atoms with van der Waals surface area (Å²) >= 11 is 0. The van der Waals surface area contributed by atoms with E-state index in [1.54, 1.807) is 6.92 Å². The van der Waals surface area contributed by atoms with E-state index in [2.05, 4.69) is 4.52 Å². The minimum atomic E-state index is -1.01. The molecule has 1 N–H and O–H groups in total. The Balaban J connectivity index is 3.92. The lowest BCUT2D eigenvalue weighted by molar-refractivity contribution is -0.140. The highest BCUT2D eigenvalue weighted by atomic mass is 31.0. The third-order valence-corrected chi connectivity index (χ3v) is 1.72. The fourth-order valence-electron chi connectivity index (χ4n) is 0.672. The van der Waals surface area contributed by atoms with Crippen molar-refractivity contribution in [3.63, 3.8) is 0 Å². The fraction of sp³-hybridized carbons (Fsp3) is 0.714. The van der Waals surface area contributed by atoms with E-state index in [1.165, 1.54) is 6.92 Å². The maximum absolute atomic E-state index is 10.9. The van der Waals surface area contributed by atoms with Gasteiger partial charge in [0.2, 0.25) is 0 Å². The number of carbonyl (C=O) groups excluding carboxylic acids is 2. The quantitative estimate of drug-likeness (QED) is 0.650. The maximum atomic E-state index is 10.9. The number of hydrogen-bond donors (Lipinski definition) is 1. The van der Waals surface area contributed by atoms with Crippen molar-refractivity contribution in [2.24, 2.45) is 5.92 Å². The molecule has 0 bridgehead atoms. The highest BCUT2D eigenvalue weighted by Gasteiger charge is 2.19. The predicted molar refractivity (Wildman–Crippen MR) is 46.3 cm³/mol. The van der Waals surface area contributed by atoms with Crippen LogP contribution in [0.4, 0.5) is 0 Å². The summed E-state index contributed by atoms with van der Waals surface area (Å²) in [6.07, 6.45) is -0.991. The van der Waals surface area contributed by atoms with Crippen LogP contribution in [0.3, 0.4) is 0 Å². The summed E-state index contributed by atoms with van der Waals surface area (Å²) in [6, 6.07) is 0. The van der Waals surface area contributed by atoms with Crippen LogP contribution < -0.4 is 0 Å². The Morgan fingerprint density at radius 3 is 2.33 bits per heavy atom. The molecule has 12 heavy (non-hydrogen) atoms. The number of carbonyl (C=O) groups is 2. The second-order valence-corrected chi connectivity index (χ2v) is 2.92. The largest absolute Gasteiger partial charge is 0.451 e. The Labute approximate surface area is 73.6 Å². The molecule has 5 heteroatoms. The van der Waals surface area contributed by atoms with Gasteiger partial charge in [-0.3, -0.25) is 9.59 Å². The smallest absolute Gasteiger partial charge is 0.311 e. The number of aliphatic hydroxyl groups is 1. The van der Waals surface area contributed by atoms with Crippen molar-refractivity contribution in [3.05, 3.63) is 0 Å². The van der Waals surface area contributed by atoms with Crippen molar-refractivity contribution < 1.29 is 19.2 Å². The minimum absolute atomic E-state index is 0.0188. The normalized spacial score (nSPS) is 15.0. The van der Waals surface area contributed by atoms with Crippen molar-refractivity contribution in [2.45, 2.75) is 26.4 Å². The van der Waals surface area contributed by atoms with Crippen LogP contribution >= 0.6 is 9.47 Å². The number of hydrogen-bond acceptors (Lipinski definition) is 4. The third kappa shape index (κ3) is 3.79. The summed E-state index contributed by atoms with van der Waals surface area (Å²) < 4.78 is 4.34. The van der Waals surface area contributed by atoms with Crippen LogP contribution in [0.2, 0.25) is 0 Å². The Morgan fingerprint density at radius 2 is 2.00 bits per heavy atom. The van der Waals surface area contributed by atoms with Gasteiger partial charge in [-0.15, -0.1) is 0 Å². The maximum Gasteiger partial charge on any atom is 0.311 e. The lowest BCUT2D eigenvalue weighted by Gasteiger charge is -2.08. The standard InChI is InChI=1S/C7H13O4P/c1-4(7(10)11-12)3-6(9)5(2)8/h4-5,8H,3,12H2,1-2H3/t4-,5+/m1/s1. The van der Waals surface area contributed by atoms with E-state index in [-0.39, 0.29) is 12.2 Å². The second-order valence-electron chi connectivity index (χ2n) is 2.68. The van der Waals surface area contributed by atoms with Gasteiger partial charge in [0.05, 0.1) is 15.4 Å². The molecule has 0 aliphatic heterocycles. The summed E-state index contributed by atoms with van der Waals surface area (Å²) in [4.78, 5) is 21.7. The van der Waals surface area contributed by atoms with E-state index in [1.807, 2.05) is 9.47 Å². The lowest BCUT2D eigenvalue weighted by atomic mass is 10.0. The van der Waals surface area contributed by atoms with E-state index in [0.29, 0.717) is 0 Å². The second kappa shape index (κ2) is 5.22. The summed E-state index contributed by atoms with van der Waals surface area (Å²) in [6.45, 7) is 2.95. The number of Topliss-reactive ketones (excluding diaryl/α,β-unsaturated/α-hetero) is 1. The topological polar surface area (TPSA) is 63.6 Å². The molecule has 70 valence electrons. The molecule has 3 atom stereocenters. The third-order valence-electron chi connectivity index (χ3n) is 1.49. The van der Waals surface area contributed by atoms with Crippen molar-refractivity contribution in [3.8, 4) is 0 Å². The van der Waals surface area contributed by atoms with Crippen LogP contribution in [-0.2, 0) is 14.1 Å². The van der Waals surface area contributed by atoms with Crippen LogP contribution in [0.5, 0.6) is 0 Å². The van der Waals surface area contributed by atoms with Crippen LogP contribution in [0.1, 0.15) is 20.3 Å². The van der Waals surface area contributed by atoms with Crippen molar-refractivity contribution in [1.29, 1.82) is 0 Å². The Morgan fingerprint density at radius 1 is 1.50 bits per heavy atom. The van der Waals surface area contributed by atoms with Crippen LogP contribution in [0.15, 0.2) is 0 Å². The molecule has 0 aliphatic rings. The Kier molecular flexibility index (Phi) is 5.02. The number of rotatable bonds is 4. The molecular formula is C7H13O4P. The molecule has 0 amide bonds. The Hall–Kier alpha value is -0.470. The first kappa shape index (κ1) is 11.5. The molecule has 0 saturated heterocycles. The summed E-state index contributed by atoms with van der Waals surface area (Å²) in [5.74, 6) is -1.31. The molecule has 0 heterocycles. The van der Waals surface area contributed by atoms with E-state index >= 15 is 0 Å². The summed E-state index contributed by atoms with van der Waals surface area (Å²) in [5, 5.41) is 8.82. The zero-order chi connectivity index (χ0) is 9.72. The monoisotopic (exact) mass is 192 g/mol. The first-order valence-electron chi connectivity index (χ1n) is 3.60. The molecule has 0 aromatic heterocycles. The van der Waals surface area contributed by atoms with E-state index < -0.39 is 18.0 Å². The summed E-state index contributed by atoms with van der Waals surface area (Å²) in [5.41, 5.74) is 0. The van der Waals surface area contributed by atoms with E-state index in [4.69, 9.17) is 5.11 Å². The number of aliphatic hydroxyl groups excluding tert-OH is 1. The molecule has 4 nitrogen and oxygen atoms in total. The first-order chi connectivity index (χ1) is 5.49. The van der Waals surface area contributed by atoms with Gasteiger partial charge in [0.15, 0.2) is 5.78 Å². The Bertz CT molecular complexity index is 178. The molecule has 0 rings (SSSR count). The van der Waals surface area contributed by atoms with Gasteiger partial charge in [0, 0.05) is 6.42 Å². The molecule has 1 unspecified atom stereocenters. The molecule has 0 radical (unpaired) electrons. The van der Waals surface area contributed by atoms with Gasteiger partial charge in [-0.2, -0.15) is 0 Å². The zero-order valence-electron chi connectivity index (χ0n) is 7.11. The molecule has 0 spiro atoms. The molecule has 0 aromatic carbocycles. The van der Waals surface area contributed by atoms with Gasteiger partial charge in [-0.25, -0.2) is 0 Å². The fourth-order valence-corrected chi connectivity index (χ4v) is 0.904. The minimum Gasteiger partial charge on any atom is -0.451 e. The van der Waals surface area contributed by atoms with Crippen molar-refractivity contribution >= 4 is 21.2 Å². The van der Waals surface area contributed by atoms with E-state index in [0.717, 1.165) is 0 Å². The van der Waals surface area contributed by atoms with Crippen LogP contribution in [0, 0.1) is 5.92 Å². The van der Waals surface area contributed by atoms with Gasteiger partial charge in [0.25, 0.3) is 0 Å². The van der Waals surface area contributed by atoms with Crippen molar-refractivity contribution in [2.75, 3.05) is 0 Å². The van der Waals surface area contributed by atoms with Gasteiger partial charge in [0.1, 0.15) is 6.10 Å². The SMILES string of the molecule is C[C@H](O)C(=O)C[C@@H](C)C(=O)OP. The highest BCUT2D eigenvalue weighted by Crippen LogP contribution is 2.08. The number of ketones is 1. The average molecular weight is 192 g/mol. The highest BCUT2D eigenvalue weighted by molar-refractivity contribution is 7.10. The summed E-state index contributed by atoms with van der Waals surface area (Å²) in [7, 11) is 1.82. The molecule has 0 aromatic rings. The zero-order valence-corrected chi connectivity index (χ0v) is 8.27. The van der Waals surface area contributed by atoms with Crippen molar-refractivity contribution in [1.82, 2.24) is 0 Å². The van der Waals surface area contributed by atoms with Gasteiger partial charge in [-0.1, -0.05) is 6.92 Å². The molecule has 0 saturated carbocycles. The predicted octanol–water partition coefficient (Wildman–Crippen LogP) is 0.296. The van der Waals surface area contributed by atoms with E-state index in [9.17, 15) is 9.59 Å². The van der Waals surface area contributed by atoms with Crippen LogP contribution in [-0.4, -0.2) is 23.0 Å². The van der Waals surface area contributed by atoms with Crippen LogP contribution in [0.25, 0.3) is 0 Å². The average Bonchev–Trinajstić information content (AvgIpc) is 2.02. The molecular weight excluding hydrogens is 179 g/mol. The van der Waals surface area contributed by atoms with Gasteiger partial charge in [-0.05, 0) is 6.92 Å². The first-order valence-corrected chi connectivity index (χ1v) is 4.07. The molecule has 0 fully saturated rings. The lowest BCUT2D eigenvalue weighted by Crippen LogP contribution is -2.22. The van der Waals surface area contributed by atoms with Gasteiger partial charge >= 0.3 is 5.97 Å².